The van der Waals surface area contributed by atoms with Gasteiger partial charge in [-0.25, -0.2) is 8.42 Å². The van der Waals surface area contributed by atoms with E-state index in [0.717, 1.165) is 9.87 Å². The lowest BCUT2D eigenvalue weighted by molar-refractivity contribution is -0.182. The molecule has 25 heavy (non-hydrogen) atoms. The van der Waals surface area contributed by atoms with E-state index < -0.39 is 28.7 Å². The van der Waals surface area contributed by atoms with Gasteiger partial charge in [-0.2, -0.15) is 17.5 Å². The quantitative estimate of drug-likeness (QED) is 0.738. The summed E-state index contributed by atoms with van der Waals surface area (Å²) in [5.41, 5.74) is 0.746. The van der Waals surface area contributed by atoms with Gasteiger partial charge >= 0.3 is 12.1 Å². The number of hydrogen-bond acceptors (Lipinski definition) is 4. The van der Waals surface area contributed by atoms with Gasteiger partial charge in [-0.1, -0.05) is 12.1 Å². The summed E-state index contributed by atoms with van der Waals surface area (Å²) in [6.45, 7) is -0.463. The second kappa shape index (κ2) is 7.74. The van der Waals surface area contributed by atoms with Gasteiger partial charge < -0.3 is 4.74 Å². The van der Waals surface area contributed by atoms with E-state index in [1.807, 2.05) is 0 Å². The van der Waals surface area contributed by atoms with Crippen molar-refractivity contribution in [3.8, 4) is 0 Å². The van der Waals surface area contributed by atoms with Crippen LogP contribution < -0.4 is 0 Å². The summed E-state index contributed by atoms with van der Waals surface area (Å²) in [6.07, 6.45) is -3.70. The van der Waals surface area contributed by atoms with Crippen LogP contribution in [0.5, 0.6) is 0 Å². The Morgan fingerprint density at radius 3 is 2.48 bits per heavy atom. The van der Waals surface area contributed by atoms with Gasteiger partial charge in [0.2, 0.25) is 10.0 Å². The summed E-state index contributed by atoms with van der Waals surface area (Å²) in [4.78, 5) is 11.1. The molecule has 5 nitrogen and oxygen atoms in total. The summed E-state index contributed by atoms with van der Waals surface area (Å²) in [5.74, 6) is -2.00. The highest BCUT2D eigenvalue weighted by atomic mass is 32.2. The molecule has 1 heterocycles. The minimum atomic E-state index is -4.40. The van der Waals surface area contributed by atoms with Crippen LogP contribution in [0.3, 0.4) is 0 Å². The number of nitrogens with zero attached hydrogens (tertiary/aromatic N) is 1. The third kappa shape index (κ3) is 4.94. The smallest absolute Gasteiger partial charge is 0.393 e. The Bertz CT molecular complexity index is 701. The molecule has 1 atom stereocenters. The van der Waals surface area contributed by atoms with Crippen molar-refractivity contribution in [2.45, 2.75) is 36.8 Å². The molecule has 0 N–H and O–H groups in total. The summed E-state index contributed by atoms with van der Waals surface area (Å²) >= 11 is 0. The van der Waals surface area contributed by atoms with Crippen molar-refractivity contribution < 1.29 is 31.1 Å². The van der Waals surface area contributed by atoms with E-state index in [1.54, 1.807) is 12.1 Å². The summed E-state index contributed by atoms with van der Waals surface area (Å²) in [6, 6.07) is 5.83. The number of carbonyl (C=O) groups is 1. The maximum absolute atomic E-state index is 12.9. The van der Waals surface area contributed by atoms with Gasteiger partial charge in [-0.15, -0.1) is 0 Å². The van der Waals surface area contributed by atoms with Crippen LogP contribution in [0.2, 0.25) is 0 Å². The van der Waals surface area contributed by atoms with Crippen molar-refractivity contribution in [1.29, 1.82) is 0 Å². The number of methoxy groups -OCH3 is 1. The zero-order valence-corrected chi connectivity index (χ0v) is 14.6. The minimum absolute atomic E-state index is 0.0443. The predicted octanol–water partition coefficient (Wildman–Crippen LogP) is 2.76. The maximum atomic E-state index is 12.9. The SMILES string of the molecule is COC(=O)CCc1ccc(S(=O)(=O)N2CCC[C@@H](C(F)(F)F)C2)cc1. The number of carbonyl (C=O) groups excluding carboxylic acids is 1. The molecule has 0 saturated carbocycles. The van der Waals surface area contributed by atoms with Crippen molar-refractivity contribution in [2.24, 2.45) is 5.92 Å². The molecule has 1 aromatic rings. The minimum Gasteiger partial charge on any atom is -0.469 e. The van der Waals surface area contributed by atoms with E-state index in [9.17, 15) is 26.4 Å². The molecule has 1 aliphatic heterocycles. The van der Waals surface area contributed by atoms with Gasteiger partial charge in [0.05, 0.1) is 17.9 Å². The van der Waals surface area contributed by atoms with Crippen LogP contribution in [0.25, 0.3) is 0 Å². The third-order valence-corrected chi connectivity index (χ3v) is 6.13. The second-order valence-corrected chi connectivity index (χ2v) is 7.90. The van der Waals surface area contributed by atoms with Crippen LogP contribution in [0.1, 0.15) is 24.8 Å². The summed E-state index contributed by atoms with van der Waals surface area (Å²) < 4.78 is 69.2. The van der Waals surface area contributed by atoms with Gasteiger partial charge in [-0.05, 0) is 37.0 Å². The first kappa shape index (κ1) is 19.7. The first-order chi connectivity index (χ1) is 11.6. The standard InChI is InChI=1S/C16H20F3NO4S/c1-24-15(21)9-6-12-4-7-14(8-5-12)25(22,23)20-10-2-3-13(11-20)16(17,18)19/h4-5,7-8,13H,2-3,6,9-11H2,1H3/t13-/m1/s1. The van der Waals surface area contributed by atoms with Crippen LogP contribution in [0, 0.1) is 5.92 Å². The fourth-order valence-corrected chi connectivity index (χ4v) is 4.28. The molecular formula is C16H20F3NO4S. The van der Waals surface area contributed by atoms with Gasteiger partial charge in [0.15, 0.2) is 0 Å². The fraction of sp³-hybridized carbons (Fsp3) is 0.562. The number of hydrogen-bond donors (Lipinski definition) is 0. The van der Waals surface area contributed by atoms with Gasteiger partial charge in [0, 0.05) is 19.5 Å². The average molecular weight is 379 g/mol. The molecule has 1 aromatic carbocycles. The molecule has 140 valence electrons. The molecule has 0 amide bonds. The molecule has 0 radical (unpaired) electrons. The van der Waals surface area contributed by atoms with Crippen LogP contribution >= 0.6 is 0 Å². The number of sulfonamides is 1. The molecule has 1 saturated heterocycles. The molecule has 0 aliphatic carbocycles. The van der Waals surface area contributed by atoms with Crippen LogP contribution in [-0.2, 0) is 26.0 Å². The van der Waals surface area contributed by atoms with Gasteiger partial charge in [-0.3, -0.25) is 4.79 Å². The topological polar surface area (TPSA) is 63.7 Å². The number of halogens is 3. The Kier molecular flexibility index (Phi) is 6.10. The largest absolute Gasteiger partial charge is 0.469 e. The lowest BCUT2D eigenvalue weighted by Gasteiger charge is -2.32. The van der Waals surface area contributed by atoms with Gasteiger partial charge in [0.1, 0.15) is 0 Å². The van der Waals surface area contributed by atoms with Crippen molar-refractivity contribution in [2.75, 3.05) is 20.2 Å². The van der Waals surface area contributed by atoms with Gasteiger partial charge in [0.25, 0.3) is 0 Å². The molecule has 0 spiro atoms. The maximum Gasteiger partial charge on any atom is 0.393 e. The van der Waals surface area contributed by atoms with Crippen LogP contribution in [0.15, 0.2) is 29.2 Å². The lowest BCUT2D eigenvalue weighted by atomic mass is 9.99. The number of ether oxygens (including phenoxy) is 1. The molecule has 0 unspecified atom stereocenters. The number of piperidine rings is 1. The van der Waals surface area contributed by atoms with Crippen LogP contribution in [-0.4, -0.2) is 45.1 Å². The zero-order chi connectivity index (χ0) is 18.7. The van der Waals surface area contributed by atoms with E-state index >= 15 is 0 Å². The molecule has 1 aliphatic rings. The Morgan fingerprint density at radius 2 is 1.92 bits per heavy atom. The number of aryl methyl sites for hydroxylation is 1. The zero-order valence-electron chi connectivity index (χ0n) is 13.8. The van der Waals surface area contributed by atoms with E-state index in [4.69, 9.17) is 0 Å². The Hall–Kier alpha value is -1.61. The second-order valence-electron chi connectivity index (χ2n) is 5.96. The summed E-state index contributed by atoms with van der Waals surface area (Å²) in [5, 5.41) is 0. The average Bonchev–Trinajstić information content (AvgIpc) is 2.59. The Labute approximate surface area is 144 Å². The van der Waals surface area contributed by atoms with E-state index in [0.29, 0.717) is 6.42 Å². The highest BCUT2D eigenvalue weighted by Crippen LogP contribution is 2.35. The van der Waals surface area contributed by atoms with E-state index in [2.05, 4.69) is 4.74 Å². The van der Waals surface area contributed by atoms with E-state index in [1.165, 1.54) is 19.2 Å². The molecular weight excluding hydrogens is 359 g/mol. The highest BCUT2D eigenvalue weighted by Gasteiger charge is 2.44. The molecule has 0 bridgehead atoms. The lowest BCUT2D eigenvalue weighted by Crippen LogP contribution is -2.44. The Balaban J connectivity index is 2.10. The highest BCUT2D eigenvalue weighted by molar-refractivity contribution is 7.89. The molecule has 1 fully saturated rings. The number of alkyl halides is 3. The molecule has 2 rings (SSSR count). The third-order valence-electron chi connectivity index (χ3n) is 4.25. The van der Waals surface area contributed by atoms with E-state index in [-0.39, 0.29) is 36.7 Å². The number of rotatable bonds is 5. The first-order valence-electron chi connectivity index (χ1n) is 7.87. The van der Waals surface area contributed by atoms with Crippen molar-refractivity contribution in [3.63, 3.8) is 0 Å². The van der Waals surface area contributed by atoms with Crippen molar-refractivity contribution in [1.82, 2.24) is 4.31 Å². The fourth-order valence-electron chi connectivity index (χ4n) is 2.75. The number of esters is 1. The number of benzene rings is 1. The summed E-state index contributed by atoms with van der Waals surface area (Å²) in [7, 11) is -2.68. The molecule has 9 heteroatoms. The van der Waals surface area contributed by atoms with Crippen molar-refractivity contribution in [3.05, 3.63) is 29.8 Å². The normalized spacial score (nSPS) is 19.6. The monoisotopic (exact) mass is 379 g/mol. The van der Waals surface area contributed by atoms with Crippen LogP contribution in [0.4, 0.5) is 13.2 Å². The first-order valence-corrected chi connectivity index (χ1v) is 9.31. The van der Waals surface area contributed by atoms with Crippen molar-refractivity contribution >= 4 is 16.0 Å². The predicted molar refractivity (Wildman–Crippen MR) is 84.3 cm³/mol. The molecule has 0 aromatic heterocycles. The Morgan fingerprint density at radius 1 is 1.28 bits per heavy atom.